The molecule has 0 aliphatic heterocycles. The average molecular weight is 386 g/mol. The fourth-order valence-electron chi connectivity index (χ4n) is 2.90. The first-order chi connectivity index (χ1) is 12.8. The number of fused-ring (bicyclic) bond motifs is 1. The van der Waals surface area contributed by atoms with Crippen LogP contribution in [-0.4, -0.2) is 24.0 Å². The summed E-state index contributed by atoms with van der Waals surface area (Å²) < 4.78 is 11.0. The van der Waals surface area contributed by atoms with Crippen molar-refractivity contribution in [3.8, 4) is 5.75 Å². The third-order valence-corrected chi connectivity index (χ3v) is 4.59. The number of hydrogen-bond donors (Lipinski definition) is 0. The van der Waals surface area contributed by atoms with E-state index in [-0.39, 0.29) is 5.91 Å². The molecular weight excluding hydrogens is 366 g/mol. The number of amides is 1. The molecule has 1 aromatic heterocycles. The molecule has 0 fully saturated rings. The van der Waals surface area contributed by atoms with Gasteiger partial charge < -0.3 is 14.1 Å². The number of likely N-dealkylation sites (N-methyl/N-ethyl adjacent to an activating group) is 1. The van der Waals surface area contributed by atoms with E-state index >= 15 is 0 Å². The molecule has 0 unspecified atom stereocenters. The molecule has 1 atom stereocenters. The predicted octanol–water partition coefficient (Wildman–Crippen LogP) is 4.18. The molecule has 0 aliphatic rings. The lowest BCUT2D eigenvalue weighted by molar-refractivity contribution is -0.137. The second-order valence-corrected chi connectivity index (χ2v) is 6.87. The Labute approximate surface area is 162 Å². The van der Waals surface area contributed by atoms with Crippen LogP contribution in [0.5, 0.6) is 5.75 Å². The minimum atomic E-state index is -0.745. The lowest BCUT2D eigenvalue weighted by Gasteiger charge is -2.22. The standard InChI is InChI=1S/C21H20ClNO4/c1-13-9-20(24)27-18-11-19(17(22)10-16(13)18)26-14(2)21(25)23(3)12-15-7-5-4-6-8-15/h4-11,14H,12H2,1-3H3/t14-/m1/s1. The molecule has 1 heterocycles. The number of benzene rings is 2. The van der Waals surface area contributed by atoms with Gasteiger partial charge in [-0.3, -0.25) is 4.79 Å². The average Bonchev–Trinajstić information content (AvgIpc) is 2.63. The number of hydrogen-bond acceptors (Lipinski definition) is 4. The summed E-state index contributed by atoms with van der Waals surface area (Å²) in [6, 6.07) is 14.3. The number of halogens is 1. The molecule has 5 nitrogen and oxygen atoms in total. The molecule has 0 saturated heterocycles. The lowest BCUT2D eigenvalue weighted by atomic mass is 10.1. The van der Waals surface area contributed by atoms with Crippen molar-refractivity contribution < 1.29 is 13.9 Å². The fourth-order valence-corrected chi connectivity index (χ4v) is 3.10. The van der Waals surface area contributed by atoms with E-state index in [9.17, 15) is 9.59 Å². The third kappa shape index (κ3) is 4.31. The number of nitrogens with zero attached hydrogens (tertiary/aromatic N) is 1. The van der Waals surface area contributed by atoms with Crippen LogP contribution in [0.4, 0.5) is 0 Å². The van der Waals surface area contributed by atoms with Gasteiger partial charge in [0, 0.05) is 31.1 Å². The molecule has 27 heavy (non-hydrogen) atoms. The van der Waals surface area contributed by atoms with Crippen LogP contribution in [0.25, 0.3) is 11.0 Å². The maximum atomic E-state index is 12.6. The van der Waals surface area contributed by atoms with Gasteiger partial charge in [0.15, 0.2) is 6.10 Å². The van der Waals surface area contributed by atoms with E-state index in [0.717, 1.165) is 16.5 Å². The highest BCUT2D eigenvalue weighted by molar-refractivity contribution is 6.32. The van der Waals surface area contributed by atoms with Crippen molar-refractivity contribution in [3.05, 3.63) is 75.1 Å². The number of aryl methyl sites for hydroxylation is 1. The molecular formula is C21H20ClNO4. The first kappa shape index (κ1) is 19.0. The monoisotopic (exact) mass is 385 g/mol. The molecule has 0 radical (unpaired) electrons. The molecule has 0 spiro atoms. The molecule has 0 bridgehead atoms. The van der Waals surface area contributed by atoms with Crippen LogP contribution in [0.1, 0.15) is 18.1 Å². The molecule has 1 amide bonds. The van der Waals surface area contributed by atoms with Crippen LogP contribution in [0.2, 0.25) is 5.02 Å². The summed E-state index contributed by atoms with van der Waals surface area (Å²) in [5.41, 5.74) is 1.72. The topological polar surface area (TPSA) is 59.8 Å². The highest BCUT2D eigenvalue weighted by atomic mass is 35.5. The van der Waals surface area contributed by atoms with E-state index < -0.39 is 11.7 Å². The third-order valence-electron chi connectivity index (χ3n) is 4.29. The van der Waals surface area contributed by atoms with Gasteiger partial charge in [0.1, 0.15) is 11.3 Å². The summed E-state index contributed by atoms with van der Waals surface area (Å²) in [5.74, 6) is 0.118. The Balaban J connectivity index is 1.78. The maximum absolute atomic E-state index is 12.6. The Bertz CT molecular complexity index is 1030. The fraction of sp³-hybridized carbons (Fsp3) is 0.238. The Morgan fingerprint density at radius 3 is 2.63 bits per heavy atom. The van der Waals surface area contributed by atoms with Crippen LogP contribution in [0.3, 0.4) is 0 Å². The molecule has 0 aliphatic carbocycles. The van der Waals surface area contributed by atoms with E-state index in [0.29, 0.717) is 22.9 Å². The predicted molar refractivity (Wildman–Crippen MR) is 105 cm³/mol. The van der Waals surface area contributed by atoms with Gasteiger partial charge in [0.05, 0.1) is 5.02 Å². The zero-order valence-corrected chi connectivity index (χ0v) is 16.1. The van der Waals surface area contributed by atoms with Crippen molar-refractivity contribution >= 4 is 28.5 Å². The Morgan fingerprint density at radius 2 is 1.93 bits per heavy atom. The Morgan fingerprint density at radius 1 is 1.22 bits per heavy atom. The summed E-state index contributed by atoms with van der Waals surface area (Å²) >= 11 is 6.30. The summed E-state index contributed by atoms with van der Waals surface area (Å²) in [7, 11) is 1.72. The van der Waals surface area contributed by atoms with Crippen LogP contribution < -0.4 is 10.4 Å². The van der Waals surface area contributed by atoms with Gasteiger partial charge in [0.25, 0.3) is 5.91 Å². The van der Waals surface area contributed by atoms with Gasteiger partial charge in [-0.25, -0.2) is 4.79 Å². The lowest BCUT2D eigenvalue weighted by Crippen LogP contribution is -2.37. The van der Waals surface area contributed by atoms with Crippen molar-refractivity contribution in [2.75, 3.05) is 7.05 Å². The highest BCUT2D eigenvalue weighted by Gasteiger charge is 2.21. The Hall–Kier alpha value is -2.79. The first-order valence-corrected chi connectivity index (χ1v) is 8.92. The van der Waals surface area contributed by atoms with Crippen LogP contribution in [-0.2, 0) is 11.3 Å². The highest BCUT2D eigenvalue weighted by Crippen LogP contribution is 2.31. The molecule has 6 heteroatoms. The van der Waals surface area contributed by atoms with Gasteiger partial charge in [0.2, 0.25) is 0 Å². The molecule has 140 valence electrons. The van der Waals surface area contributed by atoms with Gasteiger partial charge >= 0.3 is 5.63 Å². The minimum Gasteiger partial charge on any atom is -0.479 e. The first-order valence-electron chi connectivity index (χ1n) is 8.54. The van der Waals surface area contributed by atoms with Crippen LogP contribution in [0, 0.1) is 6.92 Å². The van der Waals surface area contributed by atoms with E-state index in [1.807, 2.05) is 30.3 Å². The number of ether oxygens (including phenoxy) is 1. The quantitative estimate of drug-likeness (QED) is 0.618. The smallest absolute Gasteiger partial charge is 0.336 e. The maximum Gasteiger partial charge on any atom is 0.336 e. The van der Waals surface area contributed by atoms with Crippen molar-refractivity contribution in [1.29, 1.82) is 0 Å². The minimum absolute atomic E-state index is 0.180. The zero-order valence-electron chi connectivity index (χ0n) is 15.4. The number of rotatable bonds is 5. The second-order valence-electron chi connectivity index (χ2n) is 6.47. The molecule has 3 aromatic rings. The summed E-state index contributed by atoms with van der Waals surface area (Å²) in [6.07, 6.45) is -0.745. The number of carbonyl (C=O) groups excluding carboxylic acids is 1. The molecule has 0 saturated carbocycles. The van der Waals surface area contributed by atoms with Gasteiger partial charge in [-0.15, -0.1) is 0 Å². The van der Waals surface area contributed by atoms with Crippen LogP contribution >= 0.6 is 11.6 Å². The summed E-state index contributed by atoms with van der Waals surface area (Å²) in [4.78, 5) is 25.8. The van der Waals surface area contributed by atoms with Crippen molar-refractivity contribution in [2.24, 2.45) is 0 Å². The number of carbonyl (C=O) groups is 1. The molecule has 3 rings (SSSR count). The summed E-state index contributed by atoms with van der Waals surface area (Å²) in [6.45, 7) is 3.95. The zero-order chi connectivity index (χ0) is 19.6. The molecule has 2 aromatic carbocycles. The summed E-state index contributed by atoms with van der Waals surface area (Å²) in [5, 5.41) is 1.08. The van der Waals surface area contributed by atoms with Gasteiger partial charge in [-0.05, 0) is 31.0 Å². The van der Waals surface area contributed by atoms with Crippen molar-refractivity contribution in [1.82, 2.24) is 4.90 Å². The van der Waals surface area contributed by atoms with E-state index in [1.54, 1.807) is 37.9 Å². The van der Waals surface area contributed by atoms with Gasteiger partial charge in [-0.2, -0.15) is 0 Å². The largest absolute Gasteiger partial charge is 0.479 e. The van der Waals surface area contributed by atoms with Crippen LogP contribution in [0.15, 0.2) is 57.7 Å². The van der Waals surface area contributed by atoms with Crippen molar-refractivity contribution in [2.45, 2.75) is 26.5 Å². The van der Waals surface area contributed by atoms with Crippen molar-refractivity contribution in [3.63, 3.8) is 0 Å². The van der Waals surface area contributed by atoms with E-state index in [4.69, 9.17) is 20.8 Å². The van der Waals surface area contributed by atoms with Gasteiger partial charge in [-0.1, -0.05) is 41.9 Å². The van der Waals surface area contributed by atoms with E-state index in [2.05, 4.69) is 0 Å². The van der Waals surface area contributed by atoms with E-state index in [1.165, 1.54) is 6.07 Å². The normalized spacial score (nSPS) is 12.0. The Kier molecular flexibility index (Phi) is 5.51. The second kappa shape index (κ2) is 7.84. The SMILES string of the molecule is Cc1cc(=O)oc2cc(O[C@H](C)C(=O)N(C)Cc3ccccc3)c(Cl)cc12. The molecule has 0 N–H and O–H groups in total.